The molecule has 2 unspecified atom stereocenters. The Labute approximate surface area is 163 Å². The third kappa shape index (κ3) is 4.44. The highest BCUT2D eigenvalue weighted by atomic mass is 16.5. The summed E-state index contributed by atoms with van der Waals surface area (Å²) in [4.78, 5) is 0. The first-order chi connectivity index (χ1) is 13.0. The summed E-state index contributed by atoms with van der Waals surface area (Å²) >= 11 is 0. The quantitative estimate of drug-likeness (QED) is 0.475. The van der Waals surface area contributed by atoms with E-state index in [0.717, 1.165) is 35.3 Å². The number of benzene rings is 2. The van der Waals surface area contributed by atoms with E-state index in [2.05, 4.69) is 45.1 Å². The van der Waals surface area contributed by atoms with Gasteiger partial charge in [0.25, 0.3) is 0 Å². The summed E-state index contributed by atoms with van der Waals surface area (Å²) in [6.45, 7) is 6.73. The molecule has 0 aliphatic heterocycles. The van der Waals surface area contributed by atoms with Gasteiger partial charge in [0.05, 0.1) is 7.11 Å². The molecule has 0 bridgehead atoms. The molecule has 1 aliphatic carbocycles. The van der Waals surface area contributed by atoms with Crippen LogP contribution in [-0.2, 0) is 0 Å². The van der Waals surface area contributed by atoms with Crippen molar-refractivity contribution < 1.29 is 9.84 Å². The Morgan fingerprint density at radius 1 is 1.07 bits per heavy atom. The molecule has 1 N–H and O–H groups in total. The molecule has 0 aromatic heterocycles. The van der Waals surface area contributed by atoms with Crippen molar-refractivity contribution in [2.45, 2.75) is 39.5 Å². The molecule has 2 nitrogen and oxygen atoms in total. The molecule has 0 saturated heterocycles. The lowest BCUT2D eigenvalue weighted by molar-refractivity contribution is 0.301. The normalized spacial score (nSPS) is 20.1. The van der Waals surface area contributed by atoms with Crippen molar-refractivity contribution in [3.05, 3.63) is 70.8 Å². The molecular formula is C25H30O2. The molecule has 2 atom stereocenters. The van der Waals surface area contributed by atoms with Gasteiger partial charge in [-0.25, -0.2) is 0 Å². The fourth-order valence-corrected chi connectivity index (χ4v) is 4.12. The van der Waals surface area contributed by atoms with Crippen LogP contribution >= 0.6 is 0 Å². The van der Waals surface area contributed by atoms with E-state index in [1.165, 1.54) is 5.57 Å². The van der Waals surface area contributed by atoms with E-state index >= 15 is 0 Å². The van der Waals surface area contributed by atoms with Crippen LogP contribution in [0.2, 0.25) is 0 Å². The van der Waals surface area contributed by atoms with Gasteiger partial charge < -0.3 is 9.84 Å². The molecule has 27 heavy (non-hydrogen) atoms. The van der Waals surface area contributed by atoms with Crippen LogP contribution in [0, 0.1) is 11.8 Å². The Morgan fingerprint density at radius 2 is 1.78 bits per heavy atom. The van der Waals surface area contributed by atoms with Gasteiger partial charge in [-0.05, 0) is 54.9 Å². The second-order valence-electron chi connectivity index (χ2n) is 7.89. The van der Waals surface area contributed by atoms with Gasteiger partial charge in [-0.2, -0.15) is 0 Å². The van der Waals surface area contributed by atoms with Crippen molar-refractivity contribution >= 4 is 12.2 Å². The first kappa shape index (κ1) is 19.3. The van der Waals surface area contributed by atoms with E-state index in [-0.39, 0.29) is 5.92 Å². The van der Waals surface area contributed by atoms with Crippen molar-refractivity contribution in [1.82, 2.24) is 0 Å². The van der Waals surface area contributed by atoms with Crippen molar-refractivity contribution in [3.63, 3.8) is 0 Å². The van der Waals surface area contributed by atoms with Crippen LogP contribution in [-0.4, -0.2) is 12.2 Å². The number of ether oxygens (including phenoxy) is 1. The van der Waals surface area contributed by atoms with Crippen LogP contribution < -0.4 is 4.74 Å². The Kier molecular flexibility index (Phi) is 6.05. The molecule has 3 rings (SSSR count). The SMILES string of the molecule is COc1cc(/C=C/c2ccccc2)cc(O)c1C1C=C(C)CCC1C(C)C. The lowest BCUT2D eigenvalue weighted by Crippen LogP contribution is -2.21. The van der Waals surface area contributed by atoms with Crippen LogP contribution in [0.15, 0.2) is 54.1 Å². The van der Waals surface area contributed by atoms with E-state index in [1.807, 2.05) is 36.4 Å². The maximum absolute atomic E-state index is 10.9. The third-order valence-electron chi connectivity index (χ3n) is 5.62. The topological polar surface area (TPSA) is 29.5 Å². The van der Waals surface area contributed by atoms with Crippen molar-refractivity contribution in [3.8, 4) is 11.5 Å². The maximum atomic E-state index is 10.9. The minimum atomic E-state index is 0.195. The van der Waals surface area contributed by atoms with Crippen molar-refractivity contribution in [2.75, 3.05) is 7.11 Å². The fourth-order valence-electron chi connectivity index (χ4n) is 4.12. The highest BCUT2D eigenvalue weighted by molar-refractivity contribution is 5.72. The molecule has 0 spiro atoms. The molecule has 0 heterocycles. The highest BCUT2D eigenvalue weighted by Gasteiger charge is 2.31. The van der Waals surface area contributed by atoms with Gasteiger partial charge in [0, 0.05) is 11.5 Å². The molecule has 2 aromatic rings. The zero-order chi connectivity index (χ0) is 19.4. The summed E-state index contributed by atoms with van der Waals surface area (Å²) in [5.74, 6) is 2.36. The number of phenolic OH excluding ortho intramolecular Hbond substituents is 1. The summed E-state index contributed by atoms with van der Waals surface area (Å²) < 4.78 is 5.71. The predicted molar refractivity (Wildman–Crippen MR) is 114 cm³/mol. The van der Waals surface area contributed by atoms with Crippen LogP contribution in [0.5, 0.6) is 11.5 Å². The fraction of sp³-hybridized carbons (Fsp3) is 0.360. The van der Waals surface area contributed by atoms with Crippen LogP contribution in [0.3, 0.4) is 0 Å². The molecule has 2 aromatic carbocycles. The maximum Gasteiger partial charge on any atom is 0.126 e. The smallest absolute Gasteiger partial charge is 0.126 e. The number of hydrogen-bond donors (Lipinski definition) is 1. The van der Waals surface area contributed by atoms with Gasteiger partial charge in [0.1, 0.15) is 11.5 Å². The predicted octanol–water partition coefficient (Wildman–Crippen LogP) is 6.67. The molecular weight excluding hydrogens is 332 g/mol. The van der Waals surface area contributed by atoms with Gasteiger partial charge in [0.15, 0.2) is 0 Å². The molecule has 0 saturated carbocycles. The summed E-state index contributed by atoms with van der Waals surface area (Å²) in [6, 6.07) is 14.0. The zero-order valence-electron chi connectivity index (χ0n) is 16.8. The molecule has 2 heteroatoms. The number of allylic oxidation sites excluding steroid dienone is 2. The second kappa shape index (κ2) is 8.47. The van der Waals surface area contributed by atoms with Gasteiger partial charge >= 0.3 is 0 Å². The first-order valence-electron chi connectivity index (χ1n) is 9.81. The molecule has 0 radical (unpaired) electrons. The van der Waals surface area contributed by atoms with Crippen molar-refractivity contribution in [1.29, 1.82) is 0 Å². The Morgan fingerprint density at radius 3 is 2.44 bits per heavy atom. The molecule has 142 valence electrons. The van der Waals surface area contributed by atoms with Crippen LogP contribution in [0.1, 0.15) is 56.2 Å². The minimum absolute atomic E-state index is 0.195. The largest absolute Gasteiger partial charge is 0.507 e. The van der Waals surface area contributed by atoms with E-state index in [4.69, 9.17) is 4.74 Å². The van der Waals surface area contributed by atoms with E-state index in [1.54, 1.807) is 7.11 Å². The summed E-state index contributed by atoms with van der Waals surface area (Å²) in [7, 11) is 1.69. The monoisotopic (exact) mass is 362 g/mol. The minimum Gasteiger partial charge on any atom is -0.507 e. The number of phenols is 1. The number of methoxy groups -OCH3 is 1. The van der Waals surface area contributed by atoms with Gasteiger partial charge in [0.2, 0.25) is 0 Å². The van der Waals surface area contributed by atoms with Gasteiger partial charge in [-0.1, -0.05) is 68.0 Å². The van der Waals surface area contributed by atoms with Crippen molar-refractivity contribution in [2.24, 2.45) is 11.8 Å². The standard InChI is InChI=1S/C25H30O2/c1-17(2)21-13-10-18(3)14-22(21)25-23(26)15-20(16-24(25)27-4)12-11-19-8-6-5-7-9-19/h5-9,11-12,14-17,21-22,26H,10,13H2,1-4H3/b12-11+. The van der Waals surface area contributed by atoms with Crippen LogP contribution in [0.4, 0.5) is 0 Å². The van der Waals surface area contributed by atoms with E-state index in [0.29, 0.717) is 17.6 Å². The lowest BCUT2D eigenvalue weighted by Gasteiger charge is -2.34. The van der Waals surface area contributed by atoms with E-state index < -0.39 is 0 Å². The van der Waals surface area contributed by atoms with E-state index in [9.17, 15) is 5.11 Å². The average molecular weight is 363 g/mol. The Balaban J connectivity index is 1.99. The molecule has 0 fully saturated rings. The number of rotatable bonds is 5. The summed E-state index contributed by atoms with van der Waals surface area (Å²) in [5, 5.41) is 10.9. The second-order valence-corrected chi connectivity index (χ2v) is 7.89. The van der Waals surface area contributed by atoms with Crippen LogP contribution in [0.25, 0.3) is 12.2 Å². The number of hydrogen-bond acceptors (Lipinski definition) is 2. The lowest BCUT2D eigenvalue weighted by atomic mass is 9.71. The van der Waals surface area contributed by atoms with Gasteiger partial charge in [-0.3, -0.25) is 0 Å². The van der Waals surface area contributed by atoms with Gasteiger partial charge in [-0.15, -0.1) is 0 Å². The summed E-state index contributed by atoms with van der Waals surface area (Å²) in [6.07, 6.45) is 8.69. The third-order valence-corrected chi connectivity index (χ3v) is 5.62. The average Bonchev–Trinajstić information content (AvgIpc) is 2.66. The number of aromatic hydroxyl groups is 1. The highest BCUT2D eigenvalue weighted by Crippen LogP contribution is 2.47. The molecule has 1 aliphatic rings. The zero-order valence-corrected chi connectivity index (χ0v) is 16.8. The Bertz CT molecular complexity index is 831. The summed E-state index contributed by atoms with van der Waals surface area (Å²) in [5.41, 5.74) is 4.39. The Hall–Kier alpha value is -2.48. The first-order valence-corrected chi connectivity index (χ1v) is 9.81. The molecule has 0 amide bonds.